The lowest BCUT2D eigenvalue weighted by molar-refractivity contribution is -0.917. The van der Waals surface area contributed by atoms with Gasteiger partial charge in [0.25, 0.3) is 5.91 Å². The van der Waals surface area contributed by atoms with Crippen molar-refractivity contribution >= 4 is 27.5 Å². The highest BCUT2D eigenvalue weighted by atomic mass is 35.5. The Morgan fingerprint density at radius 3 is 2.62 bits per heavy atom. The molecule has 2 rings (SSSR count). The first-order chi connectivity index (χ1) is 11.4. The monoisotopic (exact) mass is 374 g/mol. The van der Waals surface area contributed by atoms with Gasteiger partial charge in [0.2, 0.25) is 10.0 Å². The van der Waals surface area contributed by atoms with E-state index in [1.807, 2.05) is 13.8 Å². The molecule has 1 amide bonds. The summed E-state index contributed by atoms with van der Waals surface area (Å²) in [6.07, 6.45) is 0.902. The van der Waals surface area contributed by atoms with E-state index in [9.17, 15) is 13.2 Å². The molecule has 0 bridgehead atoms. The number of rotatable bonds is 6. The average Bonchev–Trinajstić information content (AvgIpc) is 2.59. The Bertz CT molecular complexity index is 673. The summed E-state index contributed by atoms with van der Waals surface area (Å²) in [6, 6.07) is 6.14. The standard InChI is InChI=1S/C16H24ClN3O3S/c1-3-7-18-16(21)13(2)19-8-10-20(11-9-19)24(22,23)15-6-4-5-14(17)12-15/h4-6,12-13H,3,7-11H2,1-2H3,(H,18,21)/p+1/t13-/m0/s1. The molecule has 0 aromatic heterocycles. The second-order valence-corrected chi connectivity index (χ2v) is 8.41. The normalized spacial score (nSPS) is 18.3. The molecule has 1 heterocycles. The van der Waals surface area contributed by atoms with Crippen LogP contribution in [0.1, 0.15) is 20.3 Å². The summed E-state index contributed by atoms with van der Waals surface area (Å²) >= 11 is 5.90. The molecule has 1 atom stereocenters. The molecule has 6 nitrogen and oxygen atoms in total. The first-order valence-corrected chi connectivity index (χ1v) is 10.1. The number of amides is 1. The zero-order valence-electron chi connectivity index (χ0n) is 14.1. The summed E-state index contributed by atoms with van der Waals surface area (Å²) in [7, 11) is -3.53. The zero-order valence-corrected chi connectivity index (χ0v) is 15.7. The molecule has 1 saturated heterocycles. The number of benzene rings is 1. The molecule has 1 aromatic carbocycles. The van der Waals surface area contributed by atoms with Crippen molar-refractivity contribution in [2.45, 2.75) is 31.2 Å². The third kappa shape index (κ3) is 4.47. The summed E-state index contributed by atoms with van der Waals surface area (Å²) in [5.74, 6) is 0.0259. The molecule has 0 saturated carbocycles. The van der Waals surface area contributed by atoms with Gasteiger partial charge in [-0.1, -0.05) is 24.6 Å². The van der Waals surface area contributed by atoms with E-state index in [1.165, 1.54) is 10.4 Å². The van der Waals surface area contributed by atoms with Crippen molar-refractivity contribution in [2.24, 2.45) is 0 Å². The van der Waals surface area contributed by atoms with Crippen molar-refractivity contribution in [3.8, 4) is 0 Å². The molecule has 0 aliphatic carbocycles. The average molecular weight is 375 g/mol. The molecule has 1 aliphatic rings. The van der Waals surface area contributed by atoms with Crippen molar-refractivity contribution in [1.82, 2.24) is 9.62 Å². The van der Waals surface area contributed by atoms with Crippen LogP contribution in [0.15, 0.2) is 29.2 Å². The third-order valence-corrected chi connectivity index (χ3v) is 6.48. The number of halogens is 1. The molecule has 1 aromatic rings. The van der Waals surface area contributed by atoms with Crippen LogP contribution in [0.2, 0.25) is 5.02 Å². The number of hydrogen-bond donors (Lipinski definition) is 2. The number of carbonyl (C=O) groups excluding carboxylic acids is 1. The Balaban J connectivity index is 1.98. The van der Waals surface area contributed by atoms with E-state index in [-0.39, 0.29) is 16.8 Å². The van der Waals surface area contributed by atoms with Crippen LogP contribution < -0.4 is 10.2 Å². The lowest BCUT2D eigenvalue weighted by atomic mass is 10.2. The van der Waals surface area contributed by atoms with Gasteiger partial charge in [-0.2, -0.15) is 4.31 Å². The van der Waals surface area contributed by atoms with Gasteiger partial charge in [-0.25, -0.2) is 8.42 Å². The fourth-order valence-corrected chi connectivity index (χ4v) is 4.55. The van der Waals surface area contributed by atoms with Gasteiger partial charge >= 0.3 is 0 Å². The van der Waals surface area contributed by atoms with Crippen LogP contribution in [0.5, 0.6) is 0 Å². The fraction of sp³-hybridized carbons (Fsp3) is 0.562. The highest BCUT2D eigenvalue weighted by Crippen LogP contribution is 2.19. The van der Waals surface area contributed by atoms with Gasteiger partial charge in [0, 0.05) is 11.6 Å². The molecule has 0 spiro atoms. The quantitative estimate of drug-likeness (QED) is 0.744. The topological polar surface area (TPSA) is 70.9 Å². The fourth-order valence-electron chi connectivity index (χ4n) is 2.81. The number of hydrogen-bond acceptors (Lipinski definition) is 3. The van der Waals surface area contributed by atoms with Crippen molar-refractivity contribution in [2.75, 3.05) is 32.7 Å². The van der Waals surface area contributed by atoms with Crippen molar-refractivity contribution in [3.05, 3.63) is 29.3 Å². The maximum Gasteiger partial charge on any atom is 0.278 e. The van der Waals surface area contributed by atoms with Crippen LogP contribution in [0.4, 0.5) is 0 Å². The smallest absolute Gasteiger partial charge is 0.278 e. The Morgan fingerprint density at radius 2 is 2.04 bits per heavy atom. The highest BCUT2D eigenvalue weighted by Gasteiger charge is 2.34. The molecular weight excluding hydrogens is 350 g/mol. The molecule has 0 unspecified atom stereocenters. The minimum atomic E-state index is -3.53. The summed E-state index contributed by atoms with van der Waals surface area (Å²) in [4.78, 5) is 13.4. The summed E-state index contributed by atoms with van der Waals surface area (Å²) in [6.45, 7) is 6.59. The number of piperazine rings is 1. The number of carbonyl (C=O) groups is 1. The largest absolute Gasteiger partial charge is 0.351 e. The van der Waals surface area contributed by atoms with Gasteiger partial charge in [-0.3, -0.25) is 4.79 Å². The van der Waals surface area contributed by atoms with Gasteiger partial charge in [0.1, 0.15) is 0 Å². The Kier molecular flexibility index (Phi) is 6.62. The molecule has 24 heavy (non-hydrogen) atoms. The van der Waals surface area contributed by atoms with Crippen molar-refractivity contribution < 1.29 is 18.1 Å². The molecule has 1 fully saturated rings. The predicted octanol–water partition coefficient (Wildman–Crippen LogP) is 0.144. The van der Waals surface area contributed by atoms with Crippen LogP contribution in [0.25, 0.3) is 0 Å². The molecule has 8 heteroatoms. The van der Waals surface area contributed by atoms with E-state index in [2.05, 4.69) is 5.32 Å². The first-order valence-electron chi connectivity index (χ1n) is 8.24. The highest BCUT2D eigenvalue weighted by molar-refractivity contribution is 7.89. The van der Waals surface area contributed by atoms with Crippen LogP contribution in [-0.2, 0) is 14.8 Å². The summed E-state index contributed by atoms with van der Waals surface area (Å²) in [5.41, 5.74) is 0. The summed E-state index contributed by atoms with van der Waals surface area (Å²) in [5, 5.41) is 3.30. The van der Waals surface area contributed by atoms with Crippen LogP contribution in [0.3, 0.4) is 0 Å². The minimum absolute atomic E-state index is 0.0259. The van der Waals surface area contributed by atoms with E-state index in [0.717, 1.165) is 11.3 Å². The number of sulfonamides is 1. The second-order valence-electron chi connectivity index (χ2n) is 6.03. The number of nitrogens with one attached hydrogen (secondary N) is 2. The molecule has 0 radical (unpaired) electrons. The molecule has 2 N–H and O–H groups in total. The Morgan fingerprint density at radius 1 is 1.38 bits per heavy atom. The third-order valence-electron chi connectivity index (χ3n) is 4.35. The van der Waals surface area contributed by atoms with Crippen molar-refractivity contribution in [3.63, 3.8) is 0 Å². The lowest BCUT2D eigenvalue weighted by Gasteiger charge is -2.34. The molecule has 1 aliphatic heterocycles. The summed E-state index contributed by atoms with van der Waals surface area (Å²) < 4.78 is 26.8. The minimum Gasteiger partial charge on any atom is -0.351 e. The van der Waals surface area contributed by atoms with Gasteiger partial charge < -0.3 is 10.2 Å². The maximum absolute atomic E-state index is 12.7. The van der Waals surface area contributed by atoms with Gasteiger partial charge in [-0.15, -0.1) is 0 Å². The van der Waals surface area contributed by atoms with E-state index < -0.39 is 10.0 Å². The van der Waals surface area contributed by atoms with Gasteiger partial charge in [-0.05, 0) is 31.5 Å². The SMILES string of the molecule is CCCNC(=O)[C@H](C)[NH+]1CCN(S(=O)(=O)c2cccc(Cl)c2)CC1. The predicted molar refractivity (Wildman–Crippen MR) is 93.7 cm³/mol. The van der Waals surface area contributed by atoms with Gasteiger partial charge in [0.05, 0.1) is 31.1 Å². The first kappa shape index (κ1) is 19.2. The van der Waals surface area contributed by atoms with E-state index in [1.54, 1.807) is 18.2 Å². The number of nitrogens with zero attached hydrogens (tertiary/aromatic N) is 1. The molecular formula is C16H25ClN3O3S+. The number of quaternary nitrogens is 1. The van der Waals surface area contributed by atoms with Crippen LogP contribution >= 0.6 is 11.6 Å². The van der Waals surface area contributed by atoms with Crippen LogP contribution in [0, 0.1) is 0 Å². The van der Waals surface area contributed by atoms with E-state index in [4.69, 9.17) is 11.6 Å². The second kappa shape index (κ2) is 8.29. The van der Waals surface area contributed by atoms with Gasteiger partial charge in [0.15, 0.2) is 6.04 Å². The van der Waals surface area contributed by atoms with E-state index >= 15 is 0 Å². The van der Waals surface area contributed by atoms with E-state index in [0.29, 0.717) is 37.7 Å². The molecule has 134 valence electrons. The zero-order chi connectivity index (χ0) is 17.7. The van der Waals surface area contributed by atoms with Crippen LogP contribution in [-0.4, -0.2) is 57.4 Å². The maximum atomic E-state index is 12.7. The Labute approximate surface area is 148 Å². The van der Waals surface area contributed by atoms with Crippen molar-refractivity contribution in [1.29, 1.82) is 0 Å². The lowest BCUT2D eigenvalue weighted by Crippen LogP contribution is -3.19. The Hall–Kier alpha value is -1.15.